The largest absolute Gasteiger partial charge is 0.309 e. The topological polar surface area (TPSA) is 30.7 Å². The molecule has 158 valence electrons. The molecule has 6 aromatic rings. The summed E-state index contributed by atoms with van der Waals surface area (Å²) in [6.07, 6.45) is 9.44. The van der Waals surface area contributed by atoms with Gasteiger partial charge in [-0.25, -0.2) is 0 Å². The summed E-state index contributed by atoms with van der Waals surface area (Å²) in [7, 11) is 0. The maximum atomic E-state index is 4.32. The van der Waals surface area contributed by atoms with Crippen molar-refractivity contribution >= 4 is 21.8 Å². The molecule has 0 atom stereocenters. The summed E-state index contributed by atoms with van der Waals surface area (Å²) in [5, 5.41) is 2.25. The van der Waals surface area contributed by atoms with Gasteiger partial charge >= 0.3 is 0 Å². The molecule has 0 radical (unpaired) electrons. The summed E-state index contributed by atoms with van der Waals surface area (Å²) in [5.41, 5.74) is 8.76. The zero-order chi connectivity index (χ0) is 22.0. The summed E-state index contributed by atoms with van der Waals surface area (Å²) in [5.74, 6) is 0. The van der Waals surface area contributed by atoms with Crippen molar-refractivity contribution in [1.82, 2.24) is 14.5 Å². The maximum absolute atomic E-state index is 4.32. The standard InChI is InChI=1S/C30H23N3/c1-2-4-22(5-3-1)18-23-6-8-24(9-7-23)19-25-10-12-26(13-11-25)33-29-14-16-31-20-27(29)28-21-32-17-15-30(28)33/h1-17,20-21H,18-19H2. The van der Waals surface area contributed by atoms with E-state index in [1.165, 1.54) is 22.3 Å². The molecule has 3 heteroatoms. The minimum absolute atomic E-state index is 0.924. The zero-order valence-corrected chi connectivity index (χ0v) is 18.2. The molecule has 0 aliphatic heterocycles. The lowest BCUT2D eigenvalue weighted by Crippen LogP contribution is -1.95. The third-order valence-electron chi connectivity index (χ3n) is 6.24. The number of nitrogens with zero attached hydrogens (tertiary/aromatic N) is 3. The van der Waals surface area contributed by atoms with Crippen LogP contribution in [0.5, 0.6) is 0 Å². The van der Waals surface area contributed by atoms with Gasteiger partial charge in [0.2, 0.25) is 0 Å². The van der Waals surface area contributed by atoms with Crippen molar-refractivity contribution < 1.29 is 0 Å². The normalized spacial score (nSPS) is 11.3. The summed E-state index contributed by atoms with van der Waals surface area (Å²) in [6.45, 7) is 0. The molecule has 0 saturated heterocycles. The van der Waals surface area contributed by atoms with Gasteiger partial charge in [0.1, 0.15) is 0 Å². The highest BCUT2D eigenvalue weighted by atomic mass is 15.0. The van der Waals surface area contributed by atoms with E-state index >= 15 is 0 Å². The van der Waals surface area contributed by atoms with Crippen molar-refractivity contribution in [3.8, 4) is 5.69 Å². The Balaban J connectivity index is 1.25. The first-order valence-electron chi connectivity index (χ1n) is 11.2. The summed E-state index contributed by atoms with van der Waals surface area (Å²) >= 11 is 0. The number of fused-ring (bicyclic) bond motifs is 3. The fraction of sp³-hybridized carbons (Fsp3) is 0.0667. The van der Waals surface area contributed by atoms with Gasteiger partial charge in [0.05, 0.1) is 11.0 Å². The monoisotopic (exact) mass is 425 g/mol. The minimum atomic E-state index is 0.924. The van der Waals surface area contributed by atoms with E-state index in [9.17, 15) is 0 Å². The van der Waals surface area contributed by atoms with Crippen molar-refractivity contribution in [3.05, 3.63) is 138 Å². The average Bonchev–Trinajstić information content (AvgIpc) is 3.21. The van der Waals surface area contributed by atoms with Crippen molar-refractivity contribution in [3.63, 3.8) is 0 Å². The maximum Gasteiger partial charge on any atom is 0.0572 e. The van der Waals surface area contributed by atoms with Gasteiger partial charge in [-0.15, -0.1) is 0 Å². The van der Waals surface area contributed by atoms with Gasteiger partial charge in [0.15, 0.2) is 0 Å². The number of pyridine rings is 2. The predicted molar refractivity (Wildman–Crippen MR) is 135 cm³/mol. The molecule has 0 aliphatic carbocycles. The quantitative estimate of drug-likeness (QED) is 0.306. The molecule has 0 saturated carbocycles. The van der Waals surface area contributed by atoms with Gasteiger partial charge in [-0.1, -0.05) is 66.7 Å². The first kappa shape index (κ1) is 19.4. The molecule has 3 aromatic carbocycles. The van der Waals surface area contributed by atoms with Crippen LogP contribution in [0.3, 0.4) is 0 Å². The second-order valence-corrected chi connectivity index (χ2v) is 8.44. The van der Waals surface area contributed by atoms with Gasteiger partial charge in [-0.2, -0.15) is 0 Å². The molecule has 6 rings (SSSR count). The predicted octanol–water partition coefficient (Wildman–Crippen LogP) is 6.76. The third-order valence-corrected chi connectivity index (χ3v) is 6.24. The molecular formula is C30H23N3. The first-order chi connectivity index (χ1) is 16.3. The van der Waals surface area contributed by atoms with Crippen LogP contribution in [-0.2, 0) is 12.8 Å². The SMILES string of the molecule is c1ccc(Cc2ccc(Cc3ccc(-n4c5ccncc5c5cnccc54)cc3)cc2)cc1. The van der Waals surface area contributed by atoms with Gasteiger partial charge in [0.25, 0.3) is 0 Å². The van der Waals surface area contributed by atoms with Crippen molar-refractivity contribution in [2.24, 2.45) is 0 Å². The van der Waals surface area contributed by atoms with Crippen LogP contribution in [-0.4, -0.2) is 14.5 Å². The Kier molecular flexibility index (Phi) is 4.93. The van der Waals surface area contributed by atoms with Gasteiger partial charge < -0.3 is 4.57 Å². The van der Waals surface area contributed by atoms with Crippen LogP contribution in [0.25, 0.3) is 27.5 Å². The van der Waals surface area contributed by atoms with Crippen molar-refractivity contribution in [1.29, 1.82) is 0 Å². The molecule has 3 heterocycles. The molecule has 0 unspecified atom stereocenters. The molecule has 0 N–H and O–H groups in total. The fourth-order valence-corrected chi connectivity index (χ4v) is 4.59. The Bertz CT molecular complexity index is 1480. The highest BCUT2D eigenvalue weighted by Crippen LogP contribution is 2.30. The van der Waals surface area contributed by atoms with Crippen LogP contribution in [0.1, 0.15) is 22.3 Å². The van der Waals surface area contributed by atoms with Crippen LogP contribution in [0.4, 0.5) is 0 Å². The van der Waals surface area contributed by atoms with E-state index in [1.807, 2.05) is 24.8 Å². The highest BCUT2D eigenvalue weighted by molar-refractivity contribution is 6.08. The lowest BCUT2D eigenvalue weighted by Gasteiger charge is -2.09. The third kappa shape index (κ3) is 3.79. The van der Waals surface area contributed by atoms with E-state index in [-0.39, 0.29) is 0 Å². The summed E-state index contributed by atoms with van der Waals surface area (Å²) in [4.78, 5) is 8.64. The zero-order valence-electron chi connectivity index (χ0n) is 18.2. The van der Waals surface area contributed by atoms with Crippen LogP contribution in [0.2, 0.25) is 0 Å². The van der Waals surface area contributed by atoms with Gasteiger partial charge in [0, 0.05) is 41.2 Å². The number of hydrogen-bond donors (Lipinski definition) is 0. The molecule has 3 aromatic heterocycles. The Morgan fingerprint density at radius 3 is 1.45 bits per heavy atom. The van der Waals surface area contributed by atoms with Crippen LogP contribution in [0, 0.1) is 0 Å². The molecular weight excluding hydrogens is 402 g/mol. The van der Waals surface area contributed by atoms with Crippen LogP contribution >= 0.6 is 0 Å². The fourth-order valence-electron chi connectivity index (χ4n) is 4.59. The second-order valence-electron chi connectivity index (χ2n) is 8.44. The smallest absolute Gasteiger partial charge is 0.0572 e. The molecule has 0 aliphatic rings. The van der Waals surface area contributed by atoms with E-state index < -0.39 is 0 Å². The van der Waals surface area contributed by atoms with Gasteiger partial charge in [-0.05, 0) is 59.4 Å². The van der Waals surface area contributed by atoms with E-state index in [4.69, 9.17) is 0 Å². The molecule has 0 fully saturated rings. The van der Waals surface area contributed by atoms with E-state index in [0.29, 0.717) is 0 Å². The Labute approximate surface area is 193 Å². The van der Waals surface area contributed by atoms with Crippen LogP contribution in [0.15, 0.2) is 116 Å². The minimum Gasteiger partial charge on any atom is -0.309 e. The molecule has 0 bridgehead atoms. The average molecular weight is 426 g/mol. The number of benzene rings is 3. The second kappa shape index (κ2) is 8.36. The van der Waals surface area contributed by atoms with Crippen molar-refractivity contribution in [2.75, 3.05) is 0 Å². The summed E-state index contributed by atoms with van der Waals surface area (Å²) in [6, 6.07) is 32.6. The molecule has 0 amide bonds. The van der Waals surface area contributed by atoms with Gasteiger partial charge in [-0.3, -0.25) is 9.97 Å². The molecule has 3 nitrogen and oxygen atoms in total. The Morgan fingerprint density at radius 1 is 0.485 bits per heavy atom. The van der Waals surface area contributed by atoms with E-state index in [0.717, 1.165) is 40.3 Å². The lowest BCUT2D eigenvalue weighted by atomic mass is 10.0. The lowest BCUT2D eigenvalue weighted by molar-refractivity contribution is 1.13. The summed E-state index contributed by atoms with van der Waals surface area (Å²) < 4.78 is 2.29. The Morgan fingerprint density at radius 2 is 0.939 bits per heavy atom. The van der Waals surface area contributed by atoms with Crippen molar-refractivity contribution in [2.45, 2.75) is 12.8 Å². The molecule has 0 spiro atoms. The molecule has 33 heavy (non-hydrogen) atoms. The van der Waals surface area contributed by atoms with Crippen LogP contribution < -0.4 is 0 Å². The number of hydrogen-bond acceptors (Lipinski definition) is 2. The highest BCUT2D eigenvalue weighted by Gasteiger charge is 2.12. The van der Waals surface area contributed by atoms with E-state index in [2.05, 4.69) is 106 Å². The van der Waals surface area contributed by atoms with E-state index in [1.54, 1.807) is 0 Å². The Hall–Kier alpha value is -4.24. The number of rotatable bonds is 5. The first-order valence-corrected chi connectivity index (χ1v) is 11.2. The number of aromatic nitrogens is 3.